The standard InChI is InChI=1S/C9H17NO/c1-5-7(2)10-8(3)6-9(4)11/h6-7,10H,5H2,1-4H3/b8-6+. The number of ketones is 1. The van der Waals surface area contributed by atoms with Crippen molar-refractivity contribution in [1.29, 1.82) is 0 Å². The lowest BCUT2D eigenvalue weighted by atomic mass is 10.2. The van der Waals surface area contributed by atoms with Crippen molar-refractivity contribution in [3.8, 4) is 0 Å². The van der Waals surface area contributed by atoms with Crippen molar-refractivity contribution in [1.82, 2.24) is 5.32 Å². The molecule has 0 aliphatic carbocycles. The lowest BCUT2D eigenvalue weighted by Gasteiger charge is -2.12. The van der Waals surface area contributed by atoms with Crippen LogP contribution in [0.15, 0.2) is 11.8 Å². The number of hydrogen-bond acceptors (Lipinski definition) is 2. The molecule has 0 radical (unpaired) electrons. The Labute approximate surface area is 68.7 Å². The first-order valence-electron chi connectivity index (χ1n) is 4.01. The zero-order chi connectivity index (χ0) is 8.85. The van der Waals surface area contributed by atoms with E-state index in [1.165, 1.54) is 0 Å². The molecule has 1 unspecified atom stereocenters. The summed E-state index contributed by atoms with van der Waals surface area (Å²) in [4.78, 5) is 10.6. The van der Waals surface area contributed by atoms with Gasteiger partial charge < -0.3 is 5.32 Å². The van der Waals surface area contributed by atoms with E-state index in [0.29, 0.717) is 6.04 Å². The lowest BCUT2D eigenvalue weighted by Crippen LogP contribution is -2.23. The fraction of sp³-hybridized carbons (Fsp3) is 0.667. The van der Waals surface area contributed by atoms with E-state index >= 15 is 0 Å². The second-order valence-corrected chi connectivity index (χ2v) is 2.89. The van der Waals surface area contributed by atoms with Crippen LogP contribution in [0.2, 0.25) is 0 Å². The topological polar surface area (TPSA) is 29.1 Å². The van der Waals surface area contributed by atoms with E-state index in [1.807, 2.05) is 6.92 Å². The Balaban J connectivity index is 3.85. The molecule has 0 aromatic carbocycles. The number of nitrogens with one attached hydrogen (secondary N) is 1. The van der Waals surface area contributed by atoms with E-state index in [0.717, 1.165) is 12.1 Å². The normalized spacial score (nSPS) is 14.4. The average molecular weight is 155 g/mol. The molecule has 2 nitrogen and oxygen atoms in total. The molecule has 1 atom stereocenters. The van der Waals surface area contributed by atoms with Gasteiger partial charge in [-0.25, -0.2) is 0 Å². The first kappa shape index (κ1) is 10.2. The molecule has 0 fully saturated rings. The quantitative estimate of drug-likeness (QED) is 0.628. The van der Waals surface area contributed by atoms with E-state index in [4.69, 9.17) is 0 Å². The van der Waals surface area contributed by atoms with Gasteiger partial charge in [-0.2, -0.15) is 0 Å². The highest BCUT2D eigenvalue weighted by atomic mass is 16.1. The third-order valence-electron chi connectivity index (χ3n) is 1.51. The van der Waals surface area contributed by atoms with E-state index in [-0.39, 0.29) is 5.78 Å². The molecule has 0 saturated carbocycles. The minimum atomic E-state index is 0.0957. The Kier molecular flexibility index (Phi) is 4.59. The number of carbonyl (C=O) groups is 1. The van der Waals surface area contributed by atoms with Crippen LogP contribution in [0.1, 0.15) is 34.1 Å². The summed E-state index contributed by atoms with van der Waals surface area (Å²) in [6, 6.07) is 0.450. The minimum absolute atomic E-state index is 0.0957. The van der Waals surface area contributed by atoms with Crippen LogP contribution in [0.5, 0.6) is 0 Å². The van der Waals surface area contributed by atoms with Gasteiger partial charge in [0.05, 0.1) is 0 Å². The summed E-state index contributed by atoms with van der Waals surface area (Å²) in [7, 11) is 0. The predicted molar refractivity (Wildman–Crippen MR) is 47.3 cm³/mol. The van der Waals surface area contributed by atoms with E-state index in [1.54, 1.807) is 13.0 Å². The van der Waals surface area contributed by atoms with Gasteiger partial charge in [0.1, 0.15) is 0 Å². The molecule has 1 N–H and O–H groups in total. The summed E-state index contributed by atoms with van der Waals surface area (Å²) in [6.45, 7) is 7.67. The van der Waals surface area contributed by atoms with Crippen LogP contribution in [0.25, 0.3) is 0 Å². The van der Waals surface area contributed by atoms with Crippen LogP contribution < -0.4 is 5.32 Å². The molecule has 0 bridgehead atoms. The van der Waals surface area contributed by atoms with Crippen molar-refractivity contribution in [2.75, 3.05) is 0 Å². The minimum Gasteiger partial charge on any atom is -0.386 e. The summed E-state index contributed by atoms with van der Waals surface area (Å²) >= 11 is 0. The maximum Gasteiger partial charge on any atom is 0.154 e. The van der Waals surface area contributed by atoms with Crippen LogP contribution in [-0.4, -0.2) is 11.8 Å². The Morgan fingerprint density at radius 2 is 2.09 bits per heavy atom. The first-order valence-corrected chi connectivity index (χ1v) is 4.01. The fourth-order valence-electron chi connectivity index (χ4n) is 0.837. The van der Waals surface area contributed by atoms with Gasteiger partial charge in [-0.1, -0.05) is 6.92 Å². The summed E-state index contributed by atoms with van der Waals surface area (Å²) in [6.07, 6.45) is 2.69. The van der Waals surface area contributed by atoms with Crippen LogP contribution in [0.4, 0.5) is 0 Å². The van der Waals surface area contributed by atoms with Gasteiger partial charge >= 0.3 is 0 Å². The van der Waals surface area contributed by atoms with Crippen LogP contribution >= 0.6 is 0 Å². The largest absolute Gasteiger partial charge is 0.386 e. The Morgan fingerprint density at radius 3 is 2.45 bits per heavy atom. The van der Waals surface area contributed by atoms with Crippen molar-refractivity contribution in [2.24, 2.45) is 0 Å². The average Bonchev–Trinajstić information content (AvgIpc) is 1.85. The van der Waals surface area contributed by atoms with Crippen molar-refractivity contribution >= 4 is 5.78 Å². The molecular weight excluding hydrogens is 138 g/mol. The van der Waals surface area contributed by atoms with Crippen molar-refractivity contribution in [3.05, 3.63) is 11.8 Å². The summed E-state index contributed by atoms with van der Waals surface area (Å²) < 4.78 is 0. The number of allylic oxidation sites excluding steroid dienone is 2. The van der Waals surface area contributed by atoms with Crippen molar-refractivity contribution in [3.63, 3.8) is 0 Å². The molecule has 0 rings (SSSR count). The smallest absolute Gasteiger partial charge is 0.154 e. The highest BCUT2D eigenvalue weighted by molar-refractivity contribution is 5.87. The summed E-state index contributed by atoms with van der Waals surface area (Å²) in [5.41, 5.74) is 0.951. The molecule has 0 aromatic rings. The molecular formula is C9H17NO. The van der Waals surface area contributed by atoms with Crippen LogP contribution in [-0.2, 0) is 4.79 Å². The van der Waals surface area contributed by atoms with Crippen LogP contribution in [0.3, 0.4) is 0 Å². The molecule has 0 spiro atoms. The second-order valence-electron chi connectivity index (χ2n) is 2.89. The zero-order valence-electron chi connectivity index (χ0n) is 7.77. The van der Waals surface area contributed by atoms with Gasteiger partial charge in [-0.15, -0.1) is 0 Å². The Hall–Kier alpha value is -0.790. The molecule has 0 aliphatic rings. The molecule has 0 saturated heterocycles. The third kappa shape index (κ3) is 5.64. The molecule has 0 aliphatic heterocycles. The second kappa shape index (κ2) is 4.94. The third-order valence-corrected chi connectivity index (χ3v) is 1.51. The highest BCUT2D eigenvalue weighted by Crippen LogP contribution is 1.94. The molecule has 11 heavy (non-hydrogen) atoms. The molecule has 2 heteroatoms. The Bertz CT molecular complexity index is 161. The maximum absolute atomic E-state index is 10.6. The predicted octanol–water partition coefficient (Wildman–Crippen LogP) is 1.87. The van der Waals surface area contributed by atoms with E-state index < -0.39 is 0 Å². The molecule has 0 heterocycles. The van der Waals surface area contributed by atoms with Gasteiger partial charge in [0.25, 0.3) is 0 Å². The lowest BCUT2D eigenvalue weighted by molar-refractivity contribution is -0.112. The van der Waals surface area contributed by atoms with Gasteiger partial charge in [0, 0.05) is 11.7 Å². The zero-order valence-corrected chi connectivity index (χ0v) is 7.77. The van der Waals surface area contributed by atoms with Gasteiger partial charge in [0.15, 0.2) is 5.78 Å². The van der Waals surface area contributed by atoms with Crippen molar-refractivity contribution < 1.29 is 4.79 Å². The van der Waals surface area contributed by atoms with Gasteiger partial charge in [-0.3, -0.25) is 4.79 Å². The maximum atomic E-state index is 10.6. The fourth-order valence-corrected chi connectivity index (χ4v) is 0.837. The first-order chi connectivity index (χ1) is 5.06. The number of hydrogen-bond donors (Lipinski definition) is 1. The number of carbonyl (C=O) groups excluding carboxylic acids is 1. The van der Waals surface area contributed by atoms with Crippen LogP contribution in [0, 0.1) is 0 Å². The summed E-state index contributed by atoms with van der Waals surface area (Å²) in [5, 5.41) is 3.20. The summed E-state index contributed by atoms with van der Waals surface area (Å²) in [5.74, 6) is 0.0957. The highest BCUT2D eigenvalue weighted by Gasteiger charge is 1.96. The van der Waals surface area contributed by atoms with Gasteiger partial charge in [-0.05, 0) is 33.3 Å². The Morgan fingerprint density at radius 1 is 1.55 bits per heavy atom. The van der Waals surface area contributed by atoms with E-state index in [2.05, 4.69) is 19.2 Å². The molecule has 0 amide bonds. The monoisotopic (exact) mass is 155 g/mol. The number of rotatable bonds is 4. The van der Waals surface area contributed by atoms with Gasteiger partial charge in [0.2, 0.25) is 0 Å². The molecule has 64 valence electrons. The van der Waals surface area contributed by atoms with Crippen molar-refractivity contribution in [2.45, 2.75) is 40.2 Å². The van der Waals surface area contributed by atoms with E-state index in [9.17, 15) is 4.79 Å². The molecule has 0 aromatic heterocycles. The SMILES string of the molecule is CCC(C)N/C(C)=C/C(C)=O.